The van der Waals surface area contributed by atoms with E-state index in [2.05, 4.69) is 25.8 Å². The summed E-state index contributed by atoms with van der Waals surface area (Å²) in [6.07, 6.45) is 3.82. The number of hydrogen-bond donors (Lipinski definition) is 1. The van der Waals surface area contributed by atoms with Crippen molar-refractivity contribution in [3.8, 4) is 0 Å². The van der Waals surface area contributed by atoms with Gasteiger partial charge in [0.05, 0.1) is 0 Å². The highest BCUT2D eigenvalue weighted by Crippen LogP contribution is 2.20. The van der Waals surface area contributed by atoms with E-state index in [1.165, 1.54) is 19.3 Å². The first-order valence-electron chi connectivity index (χ1n) is 5.05. The summed E-state index contributed by atoms with van der Waals surface area (Å²) in [5.74, 6) is 0.812. The average Bonchev–Trinajstić information content (AvgIpc) is 1.94. The fourth-order valence-corrected chi connectivity index (χ4v) is 2.08. The van der Waals surface area contributed by atoms with E-state index in [9.17, 15) is 0 Å². The van der Waals surface area contributed by atoms with Gasteiger partial charge in [0.25, 0.3) is 0 Å². The number of likely N-dealkylation sites (tertiary alicyclic amines) is 1. The lowest BCUT2D eigenvalue weighted by atomic mass is 9.93. The van der Waals surface area contributed by atoms with Crippen LogP contribution in [0.25, 0.3) is 0 Å². The van der Waals surface area contributed by atoms with Gasteiger partial charge in [-0.1, -0.05) is 13.8 Å². The summed E-state index contributed by atoms with van der Waals surface area (Å²) in [5, 5.41) is 0. The molecule has 2 heteroatoms. The van der Waals surface area contributed by atoms with Gasteiger partial charge in [0.1, 0.15) is 0 Å². The summed E-state index contributed by atoms with van der Waals surface area (Å²) in [6, 6.07) is 1.20. The SMILES string of the molecule is CC(C)CC1CCC(N)CN1C. The van der Waals surface area contributed by atoms with Gasteiger partial charge in [-0.2, -0.15) is 0 Å². The van der Waals surface area contributed by atoms with Crippen LogP contribution in [0.5, 0.6) is 0 Å². The number of piperidine rings is 1. The third-order valence-corrected chi connectivity index (χ3v) is 2.76. The topological polar surface area (TPSA) is 29.3 Å². The lowest BCUT2D eigenvalue weighted by Gasteiger charge is -2.36. The maximum atomic E-state index is 5.88. The van der Waals surface area contributed by atoms with Crippen molar-refractivity contribution in [1.29, 1.82) is 0 Å². The lowest BCUT2D eigenvalue weighted by Crippen LogP contribution is -2.46. The van der Waals surface area contributed by atoms with Crippen molar-refractivity contribution < 1.29 is 0 Å². The Kier molecular flexibility index (Phi) is 3.53. The molecule has 1 aliphatic rings. The van der Waals surface area contributed by atoms with Crippen LogP contribution in [0.2, 0.25) is 0 Å². The summed E-state index contributed by atoms with van der Waals surface area (Å²) in [4.78, 5) is 2.42. The molecule has 0 saturated carbocycles. The number of nitrogens with zero attached hydrogens (tertiary/aromatic N) is 1. The first-order valence-corrected chi connectivity index (χ1v) is 5.05. The zero-order valence-electron chi connectivity index (χ0n) is 8.59. The van der Waals surface area contributed by atoms with E-state index in [4.69, 9.17) is 5.73 Å². The van der Waals surface area contributed by atoms with Gasteiger partial charge in [-0.3, -0.25) is 0 Å². The molecule has 0 aromatic rings. The predicted octanol–water partition coefficient (Wildman–Crippen LogP) is 1.45. The third kappa shape index (κ3) is 2.76. The van der Waals surface area contributed by atoms with Crippen molar-refractivity contribution in [3.63, 3.8) is 0 Å². The molecule has 1 aliphatic heterocycles. The smallest absolute Gasteiger partial charge is 0.0168 e. The van der Waals surface area contributed by atoms with Gasteiger partial charge in [0.2, 0.25) is 0 Å². The van der Waals surface area contributed by atoms with Crippen LogP contribution in [0.15, 0.2) is 0 Å². The Balaban J connectivity index is 2.34. The summed E-state index contributed by atoms with van der Waals surface area (Å²) < 4.78 is 0. The molecule has 72 valence electrons. The minimum absolute atomic E-state index is 0.415. The molecule has 1 rings (SSSR count). The zero-order valence-corrected chi connectivity index (χ0v) is 8.59. The minimum Gasteiger partial charge on any atom is -0.327 e. The molecule has 1 saturated heterocycles. The lowest BCUT2D eigenvalue weighted by molar-refractivity contribution is 0.148. The highest BCUT2D eigenvalue weighted by atomic mass is 15.1. The average molecular weight is 170 g/mol. The summed E-state index contributed by atoms with van der Waals surface area (Å²) >= 11 is 0. The number of nitrogens with two attached hydrogens (primary N) is 1. The summed E-state index contributed by atoms with van der Waals surface area (Å²) in [7, 11) is 2.20. The zero-order chi connectivity index (χ0) is 9.14. The Morgan fingerprint density at radius 1 is 1.42 bits per heavy atom. The van der Waals surface area contributed by atoms with Crippen LogP contribution in [-0.2, 0) is 0 Å². The largest absolute Gasteiger partial charge is 0.327 e. The molecular weight excluding hydrogens is 148 g/mol. The second-order valence-corrected chi connectivity index (χ2v) is 4.56. The van der Waals surface area contributed by atoms with Gasteiger partial charge < -0.3 is 10.6 Å². The molecule has 1 fully saturated rings. The van der Waals surface area contributed by atoms with E-state index >= 15 is 0 Å². The molecule has 0 amide bonds. The molecule has 2 nitrogen and oxygen atoms in total. The van der Waals surface area contributed by atoms with Gasteiger partial charge in [-0.05, 0) is 32.2 Å². The van der Waals surface area contributed by atoms with Gasteiger partial charge in [-0.25, -0.2) is 0 Å². The van der Waals surface area contributed by atoms with E-state index in [1.807, 2.05) is 0 Å². The van der Waals surface area contributed by atoms with Crippen LogP contribution in [0, 0.1) is 5.92 Å². The summed E-state index contributed by atoms with van der Waals surface area (Å²) in [6.45, 7) is 5.67. The molecule has 1 heterocycles. The van der Waals surface area contributed by atoms with Crippen molar-refractivity contribution in [2.75, 3.05) is 13.6 Å². The fourth-order valence-electron chi connectivity index (χ4n) is 2.08. The monoisotopic (exact) mass is 170 g/mol. The number of rotatable bonds is 2. The minimum atomic E-state index is 0.415. The number of likely N-dealkylation sites (N-methyl/N-ethyl adjacent to an activating group) is 1. The maximum absolute atomic E-state index is 5.88. The Morgan fingerprint density at radius 3 is 2.58 bits per heavy atom. The van der Waals surface area contributed by atoms with E-state index in [-0.39, 0.29) is 0 Å². The van der Waals surface area contributed by atoms with Crippen molar-refractivity contribution >= 4 is 0 Å². The van der Waals surface area contributed by atoms with Crippen LogP contribution in [0.4, 0.5) is 0 Å². The van der Waals surface area contributed by atoms with E-state index in [0.29, 0.717) is 6.04 Å². The fraction of sp³-hybridized carbons (Fsp3) is 1.00. The third-order valence-electron chi connectivity index (χ3n) is 2.76. The Labute approximate surface area is 76.1 Å². The quantitative estimate of drug-likeness (QED) is 0.679. The Bertz CT molecular complexity index is 134. The maximum Gasteiger partial charge on any atom is 0.0168 e. The predicted molar refractivity (Wildman–Crippen MR) is 53.1 cm³/mol. The molecule has 2 N–H and O–H groups in total. The Morgan fingerprint density at radius 2 is 2.08 bits per heavy atom. The standard InChI is InChI=1S/C10H22N2/c1-8(2)6-10-5-4-9(11)7-12(10)3/h8-10H,4-7,11H2,1-3H3. The van der Waals surface area contributed by atoms with E-state index < -0.39 is 0 Å². The van der Waals surface area contributed by atoms with E-state index in [0.717, 1.165) is 18.5 Å². The highest BCUT2D eigenvalue weighted by Gasteiger charge is 2.23. The molecule has 0 bridgehead atoms. The van der Waals surface area contributed by atoms with Crippen LogP contribution < -0.4 is 5.73 Å². The molecular formula is C10H22N2. The van der Waals surface area contributed by atoms with Crippen molar-refractivity contribution in [1.82, 2.24) is 4.90 Å². The molecule has 2 atom stereocenters. The van der Waals surface area contributed by atoms with Gasteiger partial charge >= 0.3 is 0 Å². The first kappa shape index (κ1) is 10.0. The molecule has 0 radical (unpaired) electrons. The second-order valence-electron chi connectivity index (χ2n) is 4.56. The second kappa shape index (κ2) is 4.24. The van der Waals surface area contributed by atoms with Gasteiger partial charge in [0.15, 0.2) is 0 Å². The van der Waals surface area contributed by atoms with Crippen molar-refractivity contribution in [2.24, 2.45) is 11.7 Å². The Hall–Kier alpha value is -0.0800. The van der Waals surface area contributed by atoms with Gasteiger partial charge in [0, 0.05) is 18.6 Å². The van der Waals surface area contributed by atoms with Crippen LogP contribution in [0.1, 0.15) is 33.1 Å². The first-order chi connectivity index (χ1) is 5.59. The van der Waals surface area contributed by atoms with E-state index in [1.54, 1.807) is 0 Å². The molecule has 0 aliphatic carbocycles. The van der Waals surface area contributed by atoms with Gasteiger partial charge in [-0.15, -0.1) is 0 Å². The normalized spacial score (nSPS) is 32.8. The van der Waals surface area contributed by atoms with Crippen LogP contribution >= 0.6 is 0 Å². The molecule has 2 unspecified atom stereocenters. The molecule has 12 heavy (non-hydrogen) atoms. The molecule has 0 spiro atoms. The molecule has 0 aromatic carbocycles. The molecule has 0 aromatic heterocycles. The van der Waals surface area contributed by atoms with Crippen LogP contribution in [-0.4, -0.2) is 30.6 Å². The summed E-state index contributed by atoms with van der Waals surface area (Å²) in [5.41, 5.74) is 5.88. The van der Waals surface area contributed by atoms with Crippen LogP contribution in [0.3, 0.4) is 0 Å². The van der Waals surface area contributed by atoms with Crippen molar-refractivity contribution in [2.45, 2.75) is 45.2 Å². The number of hydrogen-bond acceptors (Lipinski definition) is 2. The van der Waals surface area contributed by atoms with Crippen molar-refractivity contribution in [3.05, 3.63) is 0 Å². The highest BCUT2D eigenvalue weighted by molar-refractivity contribution is 4.81.